The van der Waals surface area contributed by atoms with Gasteiger partial charge in [-0.05, 0) is 36.6 Å². The van der Waals surface area contributed by atoms with Crippen LogP contribution in [0.3, 0.4) is 0 Å². The summed E-state index contributed by atoms with van der Waals surface area (Å²) in [4.78, 5) is 18.4. The van der Waals surface area contributed by atoms with Crippen molar-refractivity contribution in [1.82, 2.24) is 29.9 Å². The predicted molar refractivity (Wildman–Crippen MR) is 96.7 cm³/mol. The molecular formula is C18H21N7O. The predicted octanol–water partition coefficient (Wildman–Crippen LogP) is 2.46. The van der Waals surface area contributed by atoms with Gasteiger partial charge in [-0.3, -0.25) is 20.1 Å². The van der Waals surface area contributed by atoms with Gasteiger partial charge in [0.1, 0.15) is 0 Å². The lowest BCUT2D eigenvalue weighted by Gasteiger charge is -2.32. The lowest BCUT2D eigenvalue weighted by Crippen LogP contribution is -2.41. The number of nitrogens with zero attached hydrogens (tertiary/aromatic N) is 5. The van der Waals surface area contributed by atoms with Crippen molar-refractivity contribution in [2.45, 2.75) is 25.3 Å². The number of aromatic amines is 1. The second-order valence-electron chi connectivity index (χ2n) is 6.48. The SMILES string of the molecule is O=C(Nc1ccn(Cc2ccncc2)n1)N1CCCC(c2ccn[nH]2)C1. The van der Waals surface area contributed by atoms with Crippen LogP contribution in [0.5, 0.6) is 0 Å². The van der Waals surface area contributed by atoms with Crippen LogP contribution in [0.25, 0.3) is 0 Å². The van der Waals surface area contributed by atoms with Crippen molar-refractivity contribution < 1.29 is 4.79 Å². The number of nitrogens with one attached hydrogen (secondary N) is 2. The Bertz CT molecular complexity index is 844. The fraction of sp³-hybridized carbons (Fsp3) is 0.333. The lowest BCUT2D eigenvalue weighted by atomic mass is 9.95. The first-order valence-electron chi connectivity index (χ1n) is 8.75. The van der Waals surface area contributed by atoms with Gasteiger partial charge in [0.05, 0.1) is 6.54 Å². The summed E-state index contributed by atoms with van der Waals surface area (Å²) in [5, 5.41) is 14.4. The molecule has 1 aliphatic rings. The van der Waals surface area contributed by atoms with E-state index in [0.717, 1.165) is 30.6 Å². The van der Waals surface area contributed by atoms with Crippen molar-refractivity contribution in [1.29, 1.82) is 0 Å². The number of carbonyl (C=O) groups is 1. The molecule has 0 bridgehead atoms. The molecule has 3 aromatic heterocycles. The van der Waals surface area contributed by atoms with Gasteiger partial charge in [-0.1, -0.05) is 0 Å². The van der Waals surface area contributed by atoms with E-state index in [-0.39, 0.29) is 6.03 Å². The van der Waals surface area contributed by atoms with Gasteiger partial charge in [0.25, 0.3) is 0 Å². The van der Waals surface area contributed by atoms with Gasteiger partial charge in [0, 0.05) is 55.6 Å². The van der Waals surface area contributed by atoms with E-state index >= 15 is 0 Å². The molecular weight excluding hydrogens is 330 g/mol. The molecule has 0 aromatic carbocycles. The van der Waals surface area contributed by atoms with E-state index in [0.29, 0.717) is 24.8 Å². The average Bonchev–Trinajstić information content (AvgIpc) is 3.35. The van der Waals surface area contributed by atoms with Crippen LogP contribution in [0.4, 0.5) is 10.6 Å². The maximum Gasteiger partial charge on any atom is 0.323 e. The summed E-state index contributed by atoms with van der Waals surface area (Å²) in [5.74, 6) is 0.869. The van der Waals surface area contributed by atoms with Crippen LogP contribution in [0.15, 0.2) is 49.1 Å². The number of rotatable bonds is 4. The number of pyridine rings is 1. The molecule has 3 aromatic rings. The molecule has 0 saturated carbocycles. The van der Waals surface area contributed by atoms with Crippen LogP contribution >= 0.6 is 0 Å². The van der Waals surface area contributed by atoms with E-state index in [1.807, 2.05) is 35.4 Å². The highest BCUT2D eigenvalue weighted by Crippen LogP contribution is 2.25. The van der Waals surface area contributed by atoms with Crippen LogP contribution in [-0.2, 0) is 6.54 Å². The van der Waals surface area contributed by atoms with Crippen molar-refractivity contribution >= 4 is 11.8 Å². The van der Waals surface area contributed by atoms with Crippen LogP contribution < -0.4 is 5.32 Å². The molecule has 0 radical (unpaired) electrons. The van der Waals surface area contributed by atoms with Crippen molar-refractivity contribution in [3.8, 4) is 0 Å². The van der Waals surface area contributed by atoms with Gasteiger partial charge >= 0.3 is 6.03 Å². The Morgan fingerprint density at radius 2 is 2.12 bits per heavy atom. The Balaban J connectivity index is 1.36. The summed E-state index contributed by atoms with van der Waals surface area (Å²) in [6.07, 6.45) is 9.17. The van der Waals surface area contributed by atoms with Crippen molar-refractivity contribution in [3.63, 3.8) is 0 Å². The summed E-state index contributed by atoms with van der Waals surface area (Å²) in [7, 11) is 0. The van der Waals surface area contributed by atoms with Gasteiger partial charge in [0.15, 0.2) is 5.82 Å². The minimum atomic E-state index is -0.108. The zero-order chi connectivity index (χ0) is 17.8. The molecule has 134 valence electrons. The average molecular weight is 351 g/mol. The van der Waals surface area contributed by atoms with E-state index in [1.54, 1.807) is 23.3 Å². The largest absolute Gasteiger partial charge is 0.324 e. The summed E-state index contributed by atoms with van der Waals surface area (Å²) < 4.78 is 1.80. The first-order valence-corrected chi connectivity index (χ1v) is 8.75. The molecule has 1 fully saturated rings. The number of carbonyl (C=O) groups excluding carboxylic acids is 1. The number of amides is 2. The maximum absolute atomic E-state index is 12.6. The monoisotopic (exact) mass is 351 g/mol. The summed E-state index contributed by atoms with van der Waals surface area (Å²) in [6.45, 7) is 2.09. The Labute approximate surface area is 151 Å². The van der Waals surface area contributed by atoms with E-state index in [9.17, 15) is 4.79 Å². The fourth-order valence-corrected chi connectivity index (χ4v) is 3.29. The molecule has 2 amide bonds. The fourth-order valence-electron chi connectivity index (χ4n) is 3.29. The molecule has 4 rings (SSSR count). The molecule has 1 atom stereocenters. The number of H-pyrrole nitrogens is 1. The smallest absolute Gasteiger partial charge is 0.323 e. The topological polar surface area (TPSA) is 91.7 Å². The quantitative estimate of drug-likeness (QED) is 0.755. The molecule has 0 spiro atoms. The van der Waals surface area contributed by atoms with Gasteiger partial charge in [-0.25, -0.2) is 4.79 Å². The second-order valence-corrected chi connectivity index (χ2v) is 6.48. The normalized spacial score (nSPS) is 17.2. The number of likely N-dealkylation sites (tertiary alicyclic amines) is 1. The minimum Gasteiger partial charge on any atom is -0.324 e. The maximum atomic E-state index is 12.6. The number of urea groups is 1. The van der Waals surface area contributed by atoms with Gasteiger partial charge < -0.3 is 4.90 Å². The van der Waals surface area contributed by atoms with Gasteiger partial charge in [-0.15, -0.1) is 0 Å². The molecule has 0 aliphatic carbocycles. The third-order valence-electron chi connectivity index (χ3n) is 4.64. The highest BCUT2D eigenvalue weighted by atomic mass is 16.2. The zero-order valence-electron chi connectivity index (χ0n) is 14.4. The standard InChI is InChI=1S/C18H21N7O/c26-18(24-10-1-2-15(13-24)16-5-9-20-22-16)21-17-6-11-25(23-17)12-14-3-7-19-8-4-14/h3-9,11,15H,1-2,10,12-13H2,(H,20,22)(H,21,23,26). The summed E-state index contributed by atoms with van der Waals surface area (Å²) in [6, 6.07) is 7.58. The molecule has 1 saturated heterocycles. The van der Waals surface area contributed by atoms with Crippen LogP contribution in [0, 0.1) is 0 Å². The van der Waals surface area contributed by atoms with E-state index in [2.05, 4.69) is 25.6 Å². The van der Waals surface area contributed by atoms with Crippen molar-refractivity contribution in [2.24, 2.45) is 0 Å². The van der Waals surface area contributed by atoms with Crippen LogP contribution in [0.2, 0.25) is 0 Å². The third kappa shape index (κ3) is 3.74. The first kappa shape index (κ1) is 16.3. The minimum absolute atomic E-state index is 0.108. The lowest BCUT2D eigenvalue weighted by molar-refractivity contribution is 0.192. The number of hydrogen-bond acceptors (Lipinski definition) is 4. The number of anilines is 1. The van der Waals surface area contributed by atoms with E-state index in [1.165, 1.54) is 0 Å². The Morgan fingerprint density at radius 1 is 1.23 bits per heavy atom. The molecule has 4 heterocycles. The highest BCUT2D eigenvalue weighted by Gasteiger charge is 2.25. The Kier molecular flexibility index (Phi) is 4.63. The molecule has 26 heavy (non-hydrogen) atoms. The van der Waals surface area contributed by atoms with Crippen LogP contribution in [0.1, 0.15) is 30.0 Å². The van der Waals surface area contributed by atoms with Gasteiger partial charge in [-0.2, -0.15) is 10.2 Å². The molecule has 1 aliphatic heterocycles. The first-order chi connectivity index (χ1) is 12.8. The van der Waals surface area contributed by atoms with Crippen molar-refractivity contribution in [2.75, 3.05) is 18.4 Å². The molecule has 1 unspecified atom stereocenters. The Hall–Kier alpha value is -3.16. The second kappa shape index (κ2) is 7.38. The third-order valence-corrected chi connectivity index (χ3v) is 4.64. The number of aromatic nitrogens is 5. The van der Waals surface area contributed by atoms with Crippen molar-refractivity contribution in [3.05, 3.63) is 60.3 Å². The van der Waals surface area contributed by atoms with Gasteiger partial charge in [0.2, 0.25) is 0 Å². The van der Waals surface area contributed by atoms with Crippen LogP contribution in [-0.4, -0.2) is 49.0 Å². The number of piperidine rings is 1. The molecule has 2 N–H and O–H groups in total. The highest BCUT2D eigenvalue weighted by molar-refractivity contribution is 5.88. The summed E-state index contributed by atoms with van der Waals surface area (Å²) in [5.41, 5.74) is 2.20. The molecule has 8 heteroatoms. The van der Waals surface area contributed by atoms with E-state index < -0.39 is 0 Å². The molecule has 8 nitrogen and oxygen atoms in total. The van der Waals surface area contributed by atoms with E-state index in [4.69, 9.17) is 0 Å². The zero-order valence-corrected chi connectivity index (χ0v) is 14.4. The Morgan fingerprint density at radius 3 is 2.92 bits per heavy atom. The number of hydrogen-bond donors (Lipinski definition) is 2. The summed E-state index contributed by atoms with van der Waals surface area (Å²) >= 11 is 0.